The van der Waals surface area contributed by atoms with Crippen LogP contribution in [0, 0.1) is 35.5 Å². The normalized spacial score (nSPS) is 30.1. The average Bonchev–Trinajstić information content (AvgIpc) is 3.65. The number of Topliss-reactive ketones (excluding diaryl/α,β-unsaturated/α-hetero) is 1. The maximum atomic E-state index is 13.2. The van der Waals surface area contributed by atoms with Crippen molar-refractivity contribution in [2.75, 3.05) is 18.6 Å². The summed E-state index contributed by atoms with van der Waals surface area (Å²) < 4.78 is 10.2. The Morgan fingerprint density at radius 1 is 0.853 bits per heavy atom. The molecule has 2 aromatic rings. The van der Waals surface area contributed by atoms with Gasteiger partial charge in [0.25, 0.3) is 0 Å². The number of ether oxygens (including phenoxy) is 2. The van der Waals surface area contributed by atoms with Gasteiger partial charge in [0.2, 0.25) is 11.8 Å². The van der Waals surface area contributed by atoms with Crippen molar-refractivity contribution in [1.29, 1.82) is 0 Å². The Bertz CT molecular complexity index is 1190. The molecular weight excluding hydrogens is 434 g/mol. The Morgan fingerprint density at radius 3 is 1.97 bits per heavy atom. The van der Waals surface area contributed by atoms with Crippen LogP contribution in [0.3, 0.4) is 0 Å². The second kappa shape index (κ2) is 7.65. The van der Waals surface area contributed by atoms with Gasteiger partial charge < -0.3 is 9.47 Å². The van der Waals surface area contributed by atoms with Crippen LogP contribution in [0.1, 0.15) is 27.1 Å². The van der Waals surface area contributed by atoms with Gasteiger partial charge in [-0.2, -0.15) is 0 Å². The number of rotatable bonds is 6. The van der Waals surface area contributed by atoms with Gasteiger partial charge in [0, 0.05) is 5.56 Å². The number of carbonyl (C=O) groups is 4. The van der Waals surface area contributed by atoms with Crippen LogP contribution in [0.5, 0.6) is 5.75 Å². The first-order chi connectivity index (χ1) is 16.5. The van der Waals surface area contributed by atoms with Crippen molar-refractivity contribution in [3.8, 4) is 5.75 Å². The summed E-state index contributed by atoms with van der Waals surface area (Å²) in [6.07, 6.45) is 5.40. The Hall–Kier alpha value is -3.74. The number of hydrogen-bond acceptors (Lipinski definition) is 6. The molecule has 0 unspecified atom stereocenters. The molecule has 6 atom stereocenters. The highest BCUT2D eigenvalue weighted by atomic mass is 16.5. The lowest BCUT2D eigenvalue weighted by molar-refractivity contribution is -0.124. The van der Waals surface area contributed by atoms with Crippen molar-refractivity contribution in [3.63, 3.8) is 0 Å². The predicted octanol–water partition coefficient (Wildman–Crippen LogP) is 3.29. The molecule has 1 aliphatic heterocycles. The number of ketones is 1. The summed E-state index contributed by atoms with van der Waals surface area (Å²) in [5.74, 6) is 0.270. The van der Waals surface area contributed by atoms with Gasteiger partial charge in [0.1, 0.15) is 5.75 Å². The molecule has 7 heteroatoms. The summed E-state index contributed by atoms with van der Waals surface area (Å²) in [4.78, 5) is 52.4. The van der Waals surface area contributed by atoms with Gasteiger partial charge in [-0.3, -0.25) is 19.3 Å². The van der Waals surface area contributed by atoms with E-state index in [1.807, 2.05) is 0 Å². The van der Waals surface area contributed by atoms with Gasteiger partial charge in [-0.05, 0) is 78.6 Å². The summed E-state index contributed by atoms with van der Waals surface area (Å²) in [5, 5.41) is 0. The second-order valence-corrected chi connectivity index (χ2v) is 9.44. The third-order valence-electron chi connectivity index (χ3n) is 7.77. The van der Waals surface area contributed by atoms with Crippen molar-refractivity contribution >= 4 is 29.3 Å². The van der Waals surface area contributed by atoms with Gasteiger partial charge in [0.05, 0.1) is 30.2 Å². The molecule has 0 N–H and O–H groups in total. The van der Waals surface area contributed by atoms with Gasteiger partial charge in [-0.15, -0.1) is 0 Å². The molecular formula is C27H23NO6. The van der Waals surface area contributed by atoms with Crippen LogP contribution >= 0.6 is 0 Å². The number of methoxy groups -OCH3 is 1. The molecule has 0 aromatic heterocycles. The standard InChI is InChI=1S/C27H23NO6/c1-33-17-8-4-14(5-9-17)22(29)13-34-27(32)15-2-6-16(7-3-15)28-25(30)23-18-10-11-19(21-12-20(18)21)24(23)26(28)31/h2-11,18-21,23-24H,12-13H2,1H3/t18-,19-,20-,21-,23-,24+/m0/s1. The Balaban J connectivity index is 1.12. The first-order valence-corrected chi connectivity index (χ1v) is 11.5. The first-order valence-electron chi connectivity index (χ1n) is 11.5. The summed E-state index contributed by atoms with van der Waals surface area (Å²) in [7, 11) is 1.54. The van der Waals surface area contributed by atoms with Crippen LogP contribution in [0.15, 0.2) is 60.7 Å². The molecule has 172 valence electrons. The van der Waals surface area contributed by atoms with Crippen molar-refractivity contribution in [2.24, 2.45) is 35.5 Å². The van der Waals surface area contributed by atoms with E-state index in [-0.39, 0.29) is 46.8 Å². The molecule has 7 nitrogen and oxygen atoms in total. The molecule has 0 radical (unpaired) electrons. The minimum Gasteiger partial charge on any atom is -0.497 e. The highest BCUT2D eigenvalue weighted by Gasteiger charge is 2.67. The van der Waals surface area contributed by atoms with E-state index in [0.29, 0.717) is 28.8 Å². The van der Waals surface area contributed by atoms with Crippen molar-refractivity contribution in [1.82, 2.24) is 0 Å². The lowest BCUT2D eigenvalue weighted by Gasteiger charge is -2.37. The zero-order valence-corrected chi connectivity index (χ0v) is 18.5. The molecule has 7 rings (SSSR count). The molecule has 5 aliphatic rings. The SMILES string of the molecule is COc1ccc(C(=O)COC(=O)c2ccc(N3C(=O)[C@@H]4[C@H]5C=C[C@@H]([C@@H]6C[C@@H]56)[C@@H]4C3=O)cc2)cc1. The van der Waals surface area contributed by atoms with Crippen molar-refractivity contribution in [2.45, 2.75) is 6.42 Å². The molecule has 4 aliphatic carbocycles. The quantitative estimate of drug-likeness (QED) is 0.286. The minimum atomic E-state index is -0.650. The van der Waals surface area contributed by atoms with Gasteiger partial charge in [0.15, 0.2) is 12.4 Å². The van der Waals surface area contributed by atoms with E-state index in [4.69, 9.17) is 9.47 Å². The number of allylic oxidation sites excluding steroid dienone is 2. The number of benzene rings is 2. The van der Waals surface area contributed by atoms with E-state index in [1.165, 1.54) is 24.1 Å². The van der Waals surface area contributed by atoms with Crippen LogP contribution in [0.25, 0.3) is 0 Å². The van der Waals surface area contributed by atoms with Crippen molar-refractivity contribution in [3.05, 3.63) is 71.8 Å². The fourth-order valence-electron chi connectivity index (χ4n) is 6.03. The van der Waals surface area contributed by atoms with Crippen LogP contribution in [-0.2, 0) is 14.3 Å². The van der Waals surface area contributed by atoms with E-state index in [2.05, 4.69) is 12.2 Å². The Morgan fingerprint density at radius 2 is 1.41 bits per heavy atom. The molecule has 2 bridgehead atoms. The summed E-state index contributed by atoms with van der Waals surface area (Å²) in [6, 6.07) is 12.7. The van der Waals surface area contributed by atoms with Crippen molar-refractivity contribution < 1.29 is 28.7 Å². The fourth-order valence-corrected chi connectivity index (χ4v) is 6.03. The highest BCUT2D eigenvalue weighted by Crippen LogP contribution is 2.65. The summed E-state index contributed by atoms with van der Waals surface area (Å²) in [6.45, 7) is -0.391. The molecule has 2 aromatic carbocycles. The number of esters is 1. The minimum absolute atomic E-state index is 0.139. The molecule has 34 heavy (non-hydrogen) atoms. The maximum Gasteiger partial charge on any atom is 0.338 e. The number of amides is 2. The topological polar surface area (TPSA) is 90.0 Å². The highest BCUT2D eigenvalue weighted by molar-refractivity contribution is 6.22. The number of hydrogen-bond donors (Lipinski definition) is 0. The molecule has 1 heterocycles. The van der Waals surface area contributed by atoms with Crippen LogP contribution in [0.2, 0.25) is 0 Å². The van der Waals surface area contributed by atoms with E-state index in [9.17, 15) is 19.2 Å². The van der Waals surface area contributed by atoms with Gasteiger partial charge >= 0.3 is 5.97 Å². The Labute approximate surface area is 196 Å². The zero-order chi connectivity index (χ0) is 23.6. The number of anilines is 1. The molecule has 2 amide bonds. The zero-order valence-electron chi connectivity index (χ0n) is 18.5. The van der Waals surface area contributed by atoms with Crippen LogP contribution < -0.4 is 9.64 Å². The smallest absolute Gasteiger partial charge is 0.338 e. The van der Waals surface area contributed by atoms with Gasteiger partial charge in [-0.25, -0.2) is 4.79 Å². The number of carbonyl (C=O) groups excluding carboxylic acids is 4. The predicted molar refractivity (Wildman–Crippen MR) is 121 cm³/mol. The van der Waals surface area contributed by atoms with Gasteiger partial charge in [-0.1, -0.05) is 12.2 Å². The third-order valence-corrected chi connectivity index (χ3v) is 7.77. The Kier molecular flexibility index (Phi) is 4.69. The fraction of sp³-hybridized carbons (Fsp3) is 0.333. The van der Waals surface area contributed by atoms with Crippen LogP contribution in [0.4, 0.5) is 5.69 Å². The monoisotopic (exact) mass is 457 g/mol. The molecule has 2 saturated carbocycles. The first kappa shape index (κ1) is 20.8. The summed E-state index contributed by atoms with van der Waals surface area (Å²) >= 11 is 0. The number of imide groups is 1. The molecule has 0 spiro atoms. The third kappa shape index (κ3) is 3.10. The summed E-state index contributed by atoms with van der Waals surface area (Å²) in [5.41, 5.74) is 1.12. The lowest BCUT2D eigenvalue weighted by atomic mass is 9.63. The maximum absolute atomic E-state index is 13.2. The van der Waals surface area contributed by atoms with E-state index < -0.39 is 12.6 Å². The largest absolute Gasteiger partial charge is 0.497 e. The molecule has 3 fully saturated rings. The average molecular weight is 457 g/mol. The van der Waals surface area contributed by atoms with Crippen LogP contribution in [-0.4, -0.2) is 37.3 Å². The lowest BCUT2D eigenvalue weighted by Crippen LogP contribution is -2.40. The van der Waals surface area contributed by atoms with E-state index in [1.54, 1.807) is 36.4 Å². The van der Waals surface area contributed by atoms with E-state index in [0.717, 1.165) is 6.42 Å². The van der Waals surface area contributed by atoms with E-state index >= 15 is 0 Å². The molecule has 1 saturated heterocycles. The second-order valence-electron chi connectivity index (χ2n) is 9.44. The number of nitrogens with zero attached hydrogens (tertiary/aromatic N) is 1.